The first kappa shape index (κ1) is 14.6. The summed E-state index contributed by atoms with van der Waals surface area (Å²) in [5, 5.41) is 8.07. The quantitative estimate of drug-likeness (QED) is 0.935. The van der Waals surface area contributed by atoms with Gasteiger partial charge < -0.3 is 5.73 Å². The van der Waals surface area contributed by atoms with Crippen molar-refractivity contribution >= 4 is 0 Å². The Kier molecular flexibility index (Phi) is 3.85. The van der Waals surface area contributed by atoms with Crippen molar-refractivity contribution in [1.29, 1.82) is 0 Å². The van der Waals surface area contributed by atoms with E-state index in [1.165, 1.54) is 6.20 Å². The minimum Gasteiger partial charge on any atom is -0.330 e. The Morgan fingerprint density at radius 2 is 2.05 bits per heavy atom. The van der Waals surface area contributed by atoms with Gasteiger partial charge in [0.2, 0.25) is 0 Å². The number of nitrogens with two attached hydrogens (primary N) is 1. The zero-order chi connectivity index (χ0) is 14.9. The smallest absolute Gasteiger partial charge is 0.330 e. The zero-order valence-electron chi connectivity index (χ0n) is 11.3. The zero-order valence-corrected chi connectivity index (χ0v) is 11.3. The fraction of sp³-hybridized carbons (Fsp3) is 0.500. The number of alkyl halides is 3. The molecule has 20 heavy (non-hydrogen) atoms. The third kappa shape index (κ3) is 2.69. The molecule has 5 nitrogen and oxygen atoms in total. The second-order valence-electron chi connectivity index (χ2n) is 4.55. The predicted molar refractivity (Wildman–Crippen MR) is 67.8 cm³/mol. The molecule has 0 aliphatic rings. The maximum absolute atomic E-state index is 13.0. The van der Waals surface area contributed by atoms with E-state index in [0.717, 1.165) is 16.4 Å². The lowest BCUT2D eigenvalue weighted by molar-refractivity contribution is -0.144. The van der Waals surface area contributed by atoms with E-state index < -0.39 is 11.9 Å². The molecule has 110 valence electrons. The Morgan fingerprint density at radius 1 is 1.35 bits per heavy atom. The highest BCUT2D eigenvalue weighted by Crippen LogP contribution is 2.33. The van der Waals surface area contributed by atoms with Crippen LogP contribution in [0.1, 0.15) is 17.8 Å². The third-order valence-electron chi connectivity index (χ3n) is 3.16. The fourth-order valence-electron chi connectivity index (χ4n) is 1.94. The summed E-state index contributed by atoms with van der Waals surface area (Å²) in [6, 6.07) is 1.06. The molecule has 0 aliphatic heterocycles. The lowest BCUT2D eigenvalue weighted by Gasteiger charge is -2.09. The Balaban J connectivity index is 2.46. The largest absolute Gasteiger partial charge is 0.433 e. The molecular weight excluding hydrogens is 271 g/mol. The molecule has 0 atom stereocenters. The highest BCUT2D eigenvalue weighted by molar-refractivity contribution is 5.61. The Morgan fingerprint density at radius 3 is 2.55 bits per heavy atom. The fourth-order valence-corrected chi connectivity index (χ4v) is 1.94. The van der Waals surface area contributed by atoms with Gasteiger partial charge >= 0.3 is 6.18 Å². The SMILES string of the molecule is Cc1c(-c2cc(C(F)(F)F)n(CCCN)n2)cnn1C. The van der Waals surface area contributed by atoms with Crippen LogP contribution in [0.3, 0.4) is 0 Å². The van der Waals surface area contributed by atoms with Crippen molar-refractivity contribution in [3.05, 3.63) is 23.7 Å². The van der Waals surface area contributed by atoms with E-state index in [2.05, 4.69) is 10.2 Å². The van der Waals surface area contributed by atoms with Crippen LogP contribution in [-0.4, -0.2) is 26.1 Å². The molecule has 0 amide bonds. The van der Waals surface area contributed by atoms with Crippen LogP contribution in [0, 0.1) is 6.92 Å². The molecule has 2 rings (SSSR count). The van der Waals surface area contributed by atoms with E-state index in [0.29, 0.717) is 18.5 Å². The first-order valence-corrected chi connectivity index (χ1v) is 6.18. The summed E-state index contributed by atoms with van der Waals surface area (Å²) in [5.74, 6) is 0. The standard InChI is InChI=1S/C12H16F3N5/c1-8-9(7-17-19(8)2)10-6-11(12(13,14)15)20(18-10)5-3-4-16/h6-7H,3-5,16H2,1-2H3. The Labute approximate surface area is 114 Å². The summed E-state index contributed by atoms with van der Waals surface area (Å²) in [6.45, 7) is 2.25. The highest BCUT2D eigenvalue weighted by atomic mass is 19.4. The predicted octanol–water partition coefficient (Wildman–Crippen LogP) is 1.96. The van der Waals surface area contributed by atoms with E-state index in [1.807, 2.05) is 0 Å². The van der Waals surface area contributed by atoms with Gasteiger partial charge in [0.1, 0.15) is 5.69 Å². The summed E-state index contributed by atoms with van der Waals surface area (Å²) in [4.78, 5) is 0. The van der Waals surface area contributed by atoms with Crippen molar-refractivity contribution in [3.63, 3.8) is 0 Å². The molecule has 0 unspecified atom stereocenters. The molecule has 2 heterocycles. The van der Waals surface area contributed by atoms with Gasteiger partial charge in [-0.15, -0.1) is 0 Å². The Bertz CT molecular complexity index is 597. The van der Waals surface area contributed by atoms with E-state index in [4.69, 9.17) is 5.73 Å². The van der Waals surface area contributed by atoms with Crippen LogP contribution in [0.2, 0.25) is 0 Å². The molecule has 0 aromatic carbocycles. The van der Waals surface area contributed by atoms with Crippen LogP contribution in [0.4, 0.5) is 13.2 Å². The molecule has 2 N–H and O–H groups in total. The number of aromatic nitrogens is 4. The summed E-state index contributed by atoms with van der Waals surface area (Å²) < 4.78 is 41.6. The number of rotatable bonds is 4. The topological polar surface area (TPSA) is 61.7 Å². The van der Waals surface area contributed by atoms with Crippen molar-refractivity contribution < 1.29 is 13.2 Å². The normalized spacial score (nSPS) is 12.1. The molecule has 0 saturated carbocycles. The van der Waals surface area contributed by atoms with Gasteiger partial charge in [0.25, 0.3) is 0 Å². The molecule has 2 aromatic rings. The molecule has 0 aliphatic carbocycles. The maximum atomic E-state index is 13.0. The van der Waals surface area contributed by atoms with E-state index >= 15 is 0 Å². The summed E-state index contributed by atoms with van der Waals surface area (Å²) >= 11 is 0. The summed E-state index contributed by atoms with van der Waals surface area (Å²) in [7, 11) is 1.73. The molecule has 8 heteroatoms. The number of aryl methyl sites for hydroxylation is 2. The van der Waals surface area contributed by atoms with Crippen LogP contribution in [0.25, 0.3) is 11.3 Å². The molecule has 0 radical (unpaired) electrons. The van der Waals surface area contributed by atoms with Crippen LogP contribution >= 0.6 is 0 Å². The van der Waals surface area contributed by atoms with Gasteiger partial charge in [-0.25, -0.2) is 0 Å². The van der Waals surface area contributed by atoms with Crippen molar-refractivity contribution in [2.75, 3.05) is 6.54 Å². The molecule has 2 aromatic heterocycles. The second kappa shape index (κ2) is 5.28. The van der Waals surface area contributed by atoms with Gasteiger partial charge in [-0.05, 0) is 26.0 Å². The van der Waals surface area contributed by atoms with Crippen molar-refractivity contribution in [3.8, 4) is 11.3 Å². The van der Waals surface area contributed by atoms with Gasteiger partial charge in [0.05, 0.1) is 11.9 Å². The first-order valence-electron chi connectivity index (χ1n) is 6.18. The summed E-state index contributed by atoms with van der Waals surface area (Å²) in [6.07, 6.45) is -2.47. The minimum absolute atomic E-state index is 0.144. The minimum atomic E-state index is -4.43. The van der Waals surface area contributed by atoms with Crippen LogP contribution in [-0.2, 0) is 19.8 Å². The average molecular weight is 287 g/mol. The molecule has 0 spiro atoms. The lowest BCUT2D eigenvalue weighted by atomic mass is 10.2. The highest BCUT2D eigenvalue weighted by Gasteiger charge is 2.36. The van der Waals surface area contributed by atoms with Gasteiger partial charge in [0.15, 0.2) is 0 Å². The third-order valence-corrected chi connectivity index (χ3v) is 3.16. The van der Waals surface area contributed by atoms with Gasteiger partial charge in [-0.3, -0.25) is 9.36 Å². The number of hydrogen-bond acceptors (Lipinski definition) is 3. The van der Waals surface area contributed by atoms with Gasteiger partial charge in [-0.2, -0.15) is 23.4 Å². The van der Waals surface area contributed by atoms with Crippen molar-refractivity contribution in [2.45, 2.75) is 26.1 Å². The van der Waals surface area contributed by atoms with Gasteiger partial charge in [0, 0.05) is 24.8 Å². The summed E-state index contributed by atoms with van der Waals surface area (Å²) in [5.41, 5.74) is 6.23. The van der Waals surface area contributed by atoms with Crippen LogP contribution in [0.5, 0.6) is 0 Å². The van der Waals surface area contributed by atoms with Crippen molar-refractivity contribution in [2.24, 2.45) is 12.8 Å². The molecular formula is C12H16F3N5. The number of nitrogens with zero attached hydrogens (tertiary/aromatic N) is 4. The monoisotopic (exact) mass is 287 g/mol. The number of hydrogen-bond donors (Lipinski definition) is 1. The van der Waals surface area contributed by atoms with E-state index in [-0.39, 0.29) is 12.2 Å². The van der Waals surface area contributed by atoms with E-state index in [1.54, 1.807) is 18.7 Å². The first-order chi connectivity index (χ1) is 9.34. The second-order valence-corrected chi connectivity index (χ2v) is 4.55. The average Bonchev–Trinajstić information content (AvgIpc) is 2.92. The van der Waals surface area contributed by atoms with Crippen LogP contribution < -0.4 is 5.73 Å². The number of halogens is 3. The molecule has 0 bridgehead atoms. The maximum Gasteiger partial charge on any atom is 0.433 e. The molecule has 0 fully saturated rings. The van der Waals surface area contributed by atoms with Crippen LogP contribution in [0.15, 0.2) is 12.3 Å². The lowest BCUT2D eigenvalue weighted by Crippen LogP contribution is -2.16. The van der Waals surface area contributed by atoms with Gasteiger partial charge in [-0.1, -0.05) is 0 Å². The Hall–Kier alpha value is -1.83. The van der Waals surface area contributed by atoms with Crippen molar-refractivity contribution in [1.82, 2.24) is 19.6 Å². The molecule has 0 saturated heterocycles. The van der Waals surface area contributed by atoms with E-state index in [9.17, 15) is 13.2 Å².